The molecule has 5 nitrogen and oxygen atoms in total. The van der Waals surface area contributed by atoms with Gasteiger partial charge in [-0.3, -0.25) is 15.0 Å². The number of rotatable bonds is 4. The number of esters is 1. The highest BCUT2D eigenvalue weighted by Crippen LogP contribution is 2.25. The highest BCUT2D eigenvalue weighted by molar-refractivity contribution is 6.07. The second-order valence-electron chi connectivity index (χ2n) is 5.86. The van der Waals surface area contributed by atoms with Gasteiger partial charge in [-0.1, -0.05) is 36.4 Å². The fraction of sp³-hybridized carbons (Fsp3) is 0.263. The maximum Gasteiger partial charge on any atom is 0.318 e. The number of hydrazine groups is 1. The zero-order valence-electron chi connectivity index (χ0n) is 13.5. The van der Waals surface area contributed by atoms with Crippen molar-refractivity contribution in [1.29, 1.82) is 0 Å². The number of carbonyl (C=O) groups excluding carboxylic acids is 2. The summed E-state index contributed by atoms with van der Waals surface area (Å²) in [5.74, 6) is -1.53. The first kappa shape index (κ1) is 16.1. The second kappa shape index (κ2) is 7.17. The van der Waals surface area contributed by atoms with Gasteiger partial charge in [0.2, 0.25) is 0 Å². The number of nitrogens with one attached hydrogen (secondary N) is 1. The molecule has 0 spiro atoms. The fourth-order valence-electron chi connectivity index (χ4n) is 2.70. The third-order valence-electron chi connectivity index (χ3n) is 4.01. The number of amides is 1. The summed E-state index contributed by atoms with van der Waals surface area (Å²) in [6.45, 7) is 1.84. The lowest BCUT2D eigenvalue weighted by Crippen LogP contribution is -2.46. The number of cyclic esters (lactones) is 1. The minimum Gasteiger partial charge on any atom is -0.462 e. The quantitative estimate of drug-likeness (QED) is 0.532. The maximum absolute atomic E-state index is 13.0. The van der Waals surface area contributed by atoms with Crippen LogP contribution in [-0.2, 0) is 14.3 Å². The van der Waals surface area contributed by atoms with E-state index >= 15 is 0 Å². The Labute approximate surface area is 141 Å². The summed E-state index contributed by atoms with van der Waals surface area (Å²) < 4.78 is 5.24. The molecule has 2 unspecified atom stereocenters. The Balaban J connectivity index is 1.87. The average molecular weight is 324 g/mol. The molecule has 124 valence electrons. The molecule has 0 saturated carbocycles. The molecule has 3 rings (SSSR count). The number of benzene rings is 2. The Morgan fingerprint density at radius 3 is 2.29 bits per heavy atom. The number of carbonyl (C=O) groups is 2. The zero-order valence-corrected chi connectivity index (χ0v) is 13.5. The van der Waals surface area contributed by atoms with Crippen molar-refractivity contribution in [3.63, 3.8) is 0 Å². The van der Waals surface area contributed by atoms with Crippen LogP contribution in [0.4, 0.5) is 11.4 Å². The third-order valence-corrected chi connectivity index (χ3v) is 4.01. The summed E-state index contributed by atoms with van der Waals surface area (Å²) in [5.41, 5.74) is 4.55. The van der Waals surface area contributed by atoms with Gasteiger partial charge in [-0.25, -0.2) is 5.01 Å². The van der Waals surface area contributed by atoms with E-state index in [2.05, 4.69) is 5.43 Å². The van der Waals surface area contributed by atoms with Gasteiger partial charge in [-0.2, -0.15) is 0 Å². The van der Waals surface area contributed by atoms with Gasteiger partial charge in [-0.15, -0.1) is 0 Å². The summed E-state index contributed by atoms with van der Waals surface area (Å²) in [5, 5.41) is 1.43. The lowest BCUT2D eigenvalue weighted by molar-refractivity contribution is -0.161. The average Bonchev–Trinajstić information content (AvgIpc) is 2.61. The van der Waals surface area contributed by atoms with E-state index in [4.69, 9.17) is 4.74 Å². The smallest absolute Gasteiger partial charge is 0.318 e. The van der Waals surface area contributed by atoms with Gasteiger partial charge >= 0.3 is 5.97 Å². The van der Waals surface area contributed by atoms with Crippen LogP contribution < -0.4 is 10.4 Å². The molecule has 2 atom stereocenters. The molecule has 5 heteroatoms. The molecule has 1 aliphatic rings. The normalized spacial score (nSPS) is 20.1. The standard InChI is InChI=1S/C19H20N2O3/c1-14-12-13-17(19(23)24-14)18(22)21(16-10-6-3-7-11-16)20-15-8-4-2-5-9-15/h2-11,14,17,20H,12-13H2,1H3. The molecule has 2 aromatic rings. The van der Waals surface area contributed by atoms with E-state index in [1.165, 1.54) is 5.01 Å². The highest BCUT2D eigenvalue weighted by atomic mass is 16.5. The molecule has 1 amide bonds. The molecule has 0 aromatic heterocycles. The van der Waals surface area contributed by atoms with E-state index in [-0.39, 0.29) is 12.0 Å². The summed E-state index contributed by atoms with van der Waals surface area (Å²) in [6, 6.07) is 18.6. The van der Waals surface area contributed by atoms with Crippen molar-refractivity contribution >= 4 is 23.3 Å². The van der Waals surface area contributed by atoms with Crippen LogP contribution in [0.5, 0.6) is 0 Å². The molecule has 2 aromatic carbocycles. The van der Waals surface area contributed by atoms with Crippen LogP contribution in [0.1, 0.15) is 19.8 Å². The SMILES string of the molecule is CC1CCC(C(=O)N(Nc2ccccc2)c2ccccc2)C(=O)O1. The van der Waals surface area contributed by atoms with Crippen molar-refractivity contribution in [3.05, 3.63) is 60.7 Å². The molecule has 24 heavy (non-hydrogen) atoms. The van der Waals surface area contributed by atoms with Gasteiger partial charge in [0, 0.05) is 0 Å². The maximum atomic E-state index is 13.0. The summed E-state index contributed by atoms with van der Waals surface area (Å²) in [7, 11) is 0. The third kappa shape index (κ3) is 3.56. The Morgan fingerprint density at radius 2 is 1.67 bits per heavy atom. The van der Waals surface area contributed by atoms with Crippen LogP contribution in [0.15, 0.2) is 60.7 Å². The Bertz CT molecular complexity index is 703. The first-order valence-corrected chi connectivity index (χ1v) is 8.06. The summed E-state index contributed by atoms with van der Waals surface area (Å²) in [4.78, 5) is 25.1. The molecule has 0 radical (unpaired) electrons. The van der Waals surface area contributed by atoms with Crippen LogP contribution in [-0.4, -0.2) is 18.0 Å². The molecular formula is C19H20N2O3. The fourth-order valence-corrected chi connectivity index (χ4v) is 2.70. The molecule has 0 aliphatic carbocycles. The van der Waals surface area contributed by atoms with Crippen LogP contribution in [0.2, 0.25) is 0 Å². The van der Waals surface area contributed by atoms with Crippen molar-refractivity contribution in [2.45, 2.75) is 25.9 Å². The van der Waals surface area contributed by atoms with E-state index < -0.39 is 11.9 Å². The molecule has 1 fully saturated rings. The lowest BCUT2D eigenvalue weighted by Gasteiger charge is -2.31. The number of ether oxygens (including phenoxy) is 1. The number of hydrogen-bond donors (Lipinski definition) is 1. The predicted molar refractivity (Wildman–Crippen MR) is 92.3 cm³/mol. The molecule has 1 N–H and O–H groups in total. The van der Waals surface area contributed by atoms with Crippen molar-refractivity contribution in [2.24, 2.45) is 5.92 Å². The zero-order chi connectivity index (χ0) is 16.9. The minimum absolute atomic E-state index is 0.131. The molecule has 1 saturated heterocycles. The Morgan fingerprint density at radius 1 is 1.04 bits per heavy atom. The van der Waals surface area contributed by atoms with Gasteiger partial charge in [0.25, 0.3) is 5.91 Å². The van der Waals surface area contributed by atoms with Crippen molar-refractivity contribution in [3.8, 4) is 0 Å². The van der Waals surface area contributed by atoms with Gasteiger partial charge in [-0.05, 0) is 44.0 Å². The summed E-state index contributed by atoms with van der Waals surface area (Å²) >= 11 is 0. The predicted octanol–water partition coefficient (Wildman–Crippen LogP) is 3.39. The van der Waals surface area contributed by atoms with Gasteiger partial charge in [0.15, 0.2) is 0 Å². The Hall–Kier alpha value is -2.82. The Kier molecular flexibility index (Phi) is 4.79. The number of para-hydroxylation sites is 2. The van der Waals surface area contributed by atoms with E-state index in [1.54, 1.807) is 0 Å². The molecule has 0 bridgehead atoms. The largest absolute Gasteiger partial charge is 0.462 e. The van der Waals surface area contributed by atoms with Crippen molar-refractivity contribution < 1.29 is 14.3 Å². The first-order chi connectivity index (χ1) is 11.6. The van der Waals surface area contributed by atoms with Crippen LogP contribution in [0.3, 0.4) is 0 Å². The second-order valence-corrected chi connectivity index (χ2v) is 5.86. The van der Waals surface area contributed by atoms with E-state index in [9.17, 15) is 9.59 Å². The molecule has 1 heterocycles. The molecule has 1 aliphatic heterocycles. The van der Waals surface area contributed by atoms with Gasteiger partial charge in [0.05, 0.1) is 17.5 Å². The highest BCUT2D eigenvalue weighted by Gasteiger charge is 2.37. The monoisotopic (exact) mass is 324 g/mol. The van der Waals surface area contributed by atoms with E-state index in [0.29, 0.717) is 18.5 Å². The van der Waals surface area contributed by atoms with Gasteiger partial charge in [0.1, 0.15) is 5.92 Å². The van der Waals surface area contributed by atoms with E-state index in [0.717, 1.165) is 5.69 Å². The van der Waals surface area contributed by atoms with Crippen molar-refractivity contribution in [1.82, 2.24) is 0 Å². The number of nitrogens with zero attached hydrogens (tertiary/aromatic N) is 1. The van der Waals surface area contributed by atoms with Gasteiger partial charge < -0.3 is 4.74 Å². The molecular weight excluding hydrogens is 304 g/mol. The van der Waals surface area contributed by atoms with Crippen LogP contribution in [0.25, 0.3) is 0 Å². The number of anilines is 2. The van der Waals surface area contributed by atoms with Crippen LogP contribution >= 0.6 is 0 Å². The topological polar surface area (TPSA) is 58.6 Å². The van der Waals surface area contributed by atoms with Crippen LogP contribution in [0, 0.1) is 5.92 Å². The van der Waals surface area contributed by atoms with E-state index in [1.807, 2.05) is 67.6 Å². The first-order valence-electron chi connectivity index (χ1n) is 8.06. The summed E-state index contributed by atoms with van der Waals surface area (Å²) in [6.07, 6.45) is 1.06. The number of hydrogen-bond acceptors (Lipinski definition) is 4. The minimum atomic E-state index is -0.780. The van der Waals surface area contributed by atoms with Crippen molar-refractivity contribution in [2.75, 3.05) is 10.4 Å². The lowest BCUT2D eigenvalue weighted by atomic mass is 9.97.